The van der Waals surface area contributed by atoms with Gasteiger partial charge in [0.05, 0.1) is 24.7 Å². The van der Waals surface area contributed by atoms with Crippen LogP contribution in [-0.2, 0) is 63.8 Å². The molecular formula is C98H85F9N10O17. The Labute approximate surface area is 754 Å². The van der Waals surface area contributed by atoms with Crippen LogP contribution in [0.2, 0.25) is 0 Å². The minimum atomic E-state index is -1.35. The number of benzene rings is 5. The zero-order chi connectivity index (χ0) is 93.2. The van der Waals surface area contributed by atoms with E-state index in [2.05, 4.69) is 16.0 Å². The number of fused-ring (bicyclic) bond motifs is 36. The topological polar surface area (TPSA) is 339 Å². The van der Waals surface area contributed by atoms with E-state index in [9.17, 15) is 107 Å². The number of ketones is 1. The second-order valence-corrected chi connectivity index (χ2v) is 38.3. The van der Waals surface area contributed by atoms with Gasteiger partial charge in [-0.3, -0.25) is 52.7 Å². The lowest BCUT2D eigenvalue weighted by Gasteiger charge is -2.40. The summed E-state index contributed by atoms with van der Waals surface area (Å²) in [5.41, 5.74) is -3.51. The smallest absolute Gasteiger partial charge is 0.343 e. The molecule has 0 radical (unpaired) electrons. The summed E-state index contributed by atoms with van der Waals surface area (Å²) in [6.45, 7) is 2.44. The highest BCUT2D eigenvalue weighted by atomic mass is 19.2. The van der Waals surface area contributed by atoms with Crippen LogP contribution in [0.5, 0.6) is 23.0 Å². The van der Waals surface area contributed by atoms with E-state index in [0.29, 0.717) is 145 Å². The summed E-state index contributed by atoms with van der Waals surface area (Å²) < 4.78 is 145. The third kappa shape index (κ3) is 13.9. The highest BCUT2D eigenvalue weighted by Gasteiger charge is 2.71. The van der Waals surface area contributed by atoms with Gasteiger partial charge in [-0.1, -0.05) is 60.7 Å². The Balaban J connectivity index is 0.000000104. The molecule has 134 heavy (non-hydrogen) atoms. The van der Waals surface area contributed by atoms with E-state index in [4.69, 9.17) is 14.2 Å². The third-order valence-corrected chi connectivity index (χ3v) is 31.6. The fourth-order valence-electron chi connectivity index (χ4n) is 25.5. The van der Waals surface area contributed by atoms with Crippen LogP contribution in [0.25, 0.3) is 0 Å². The van der Waals surface area contributed by atoms with Crippen LogP contribution in [0.1, 0.15) is 169 Å². The number of aromatic hydroxyl groups is 2. The number of Topliss-reactive ketones (excluding diaryl/α,β-unsaturated/α-hetero) is 1. The minimum absolute atomic E-state index is 0.00424. The van der Waals surface area contributed by atoms with Gasteiger partial charge in [0.2, 0.25) is 21.7 Å². The van der Waals surface area contributed by atoms with E-state index in [1.807, 2.05) is 65.6 Å². The van der Waals surface area contributed by atoms with Gasteiger partial charge in [0, 0.05) is 130 Å². The first-order valence-corrected chi connectivity index (χ1v) is 45.2. The summed E-state index contributed by atoms with van der Waals surface area (Å²) in [5.74, 6) is -9.74. The number of esters is 1. The molecule has 25 rings (SSSR count). The van der Waals surface area contributed by atoms with Crippen molar-refractivity contribution in [3.63, 3.8) is 0 Å². The number of pyridine rings is 4. The van der Waals surface area contributed by atoms with E-state index in [1.54, 1.807) is 25.9 Å². The number of hydrogen-bond acceptors (Lipinski definition) is 17. The number of carbonyl (C=O) groups is 8. The molecule has 7 aliphatic heterocycles. The summed E-state index contributed by atoms with van der Waals surface area (Å²) in [6.07, 6.45) is 13.9. The molecule has 16 aliphatic rings. The molecule has 9 aliphatic carbocycles. The monoisotopic (exact) mass is 1840 g/mol. The highest BCUT2D eigenvalue weighted by molar-refractivity contribution is 6.04. The predicted molar refractivity (Wildman–Crippen MR) is 451 cm³/mol. The Morgan fingerprint density at radius 1 is 0.351 bits per heavy atom. The maximum absolute atomic E-state index is 14.1. The Morgan fingerprint density at radius 2 is 0.664 bits per heavy atom. The molecule has 21 atom stereocenters. The molecule has 9 saturated carbocycles. The maximum Gasteiger partial charge on any atom is 0.343 e. The van der Waals surface area contributed by atoms with E-state index in [-0.39, 0.29) is 130 Å². The molecule has 8 unspecified atom stereocenters. The molecule has 0 spiro atoms. The number of nitrogens with zero attached hydrogens (tertiary/aromatic N) is 7. The average Bonchev–Trinajstić information content (AvgIpc) is 1.54. The number of aromatic nitrogens is 4. The van der Waals surface area contributed by atoms with Crippen LogP contribution in [-0.4, -0.2) is 133 Å². The largest absolute Gasteiger partial charge is 0.503 e. The Bertz CT molecular complexity index is 6700. The van der Waals surface area contributed by atoms with Crippen LogP contribution in [0.15, 0.2) is 141 Å². The van der Waals surface area contributed by atoms with Crippen LogP contribution < -0.4 is 47.1 Å². The van der Waals surface area contributed by atoms with Crippen molar-refractivity contribution in [2.75, 3.05) is 6.61 Å². The van der Waals surface area contributed by atoms with Gasteiger partial charge in [-0.25, -0.2) is 44.3 Å². The van der Waals surface area contributed by atoms with Crippen molar-refractivity contribution < 1.29 is 102 Å². The highest BCUT2D eigenvalue weighted by Crippen LogP contribution is 2.72. The fraction of sp³-hybridized carbons (Fsp3) is 0.408. The molecule has 12 fully saturated rings. The first kappa shape index (κ1) is 85.9. The lowest BCUT2D eigenvalue weighted by molar-refractivity contribution is 0.0456. The van der Waals surface area contributed by atoms with Gasteiger partial charge >= 0.3 is 5.97 Å². The van der Waals surface area contributed by atoms with Crippen molar-refractivity contribution in [2.24, 2.45) is 88.8 Å². The zero-order valence-electron chi connectivity index (χ0n) is 71.4. The van der Waals surface area contributed by atoms with E-state index in [0.717, 1.165) is 62.0 Å². The number of hydrogen-bond donors (Lipinski definition) is 5. The Kier molecular flexibility index (Phi) is 20.6. The van der Waals surface area contributed by atoms with Crippen molar-refractivity contribution in [3.05, 3.63) is 288 Å². The van der Waals surface area contributed by atoms with Gasteiger partial charge in [-0.15, -0.1) is 0 Å². The maximum atomic E-state index is 14.1. The molecule has 27 nitrogen and oxygen atoms in total. The van der Waals surface area contributed by atoms with Crippen molar-refractivity contribution in [1.82, 2.24) is 48.9 Å². The van der Waals surface area contributed by atoms with Crippen molar-refractivity contribution in [3.8, 4) is 23.0 Å². The van der Waals surface area contributed by atoms with Gasteiger partial charge in [-0.05, 0) is 170 Å². The number of rotatable bonds is 17. The Hall–Kier alpha value is -13.6. The standard InChI is InChI=1S/C29H24F3N3O4.C25H25NO5.2C22H18F3N3O4/c30-20-9-22(32)21(31)6-15(20)10-33-28(37)19-11-34-12-24-18-8-23(17-7-16(17)18)35(24)29(38)25(34)27(26(19)36)39-13-14-4-2-1-3-5-14;1-2-30-25(29)19-11-26-10-18-16-9-17(15-8-14(15)16)20(18)23(28)21(26)24(22(19)27)31-12-13-6-4-3-5-7-13;2*23-13-4-15(25)14(24)1-8(13)5-26-21(31)12-6-27-7-17-11-3-16(10-2-9(10)11)28(17)22(32)18(27)20(30)19(12)29/h1-6,9,11,16-18,23-24H,7-8,10,12-13H2,(H,33,37);3-7,11,14-18,20H,2,8-10,12H2,1H3;2*1,4,6,9-11,16-17,30H,2-3,5,7H2,(H,26,31)/t16-,17+,18?,23?,24+;14-,15+,16?,17?,18+,20+;2*9-,10+,11?,16?,17+/m1111/s1. The van der Waals surface area contributed by atoms with Crippen LogP contribution in [0.4, 0.5) is 39.5 Å². The number of piperidine rings is 3. The van der Waals surface area contributed by atoms with E-state index < -0.39 is 152 Å². The molecular weight excluding hydrogens is 1760 g/mol. The second-order valence-electron chi connectivity index (χ2n) is 38.3. The number of halogens is 9. The Morgan fingerprint density at radius 3 is 1.07 bits per heavy atom. The van der Waals surface area contributed by atoms with Crippen LogP contribution in [0.3, 0.4) is 0 Å². The van der Waals surface area contributed by atoms with Crippen molar-refractivity contribution in [2.45, 2.75) is 154 Å². The van der Waals surface area contributed by atoms with Gasteiger partial charge in [0.1, 0.15) is 58.6 Å². The van der Waals surface area contributed by atoms with Gasteiger partial charge in [0.25, 0.3) is 35.4 Å². The molecule has 11 heterocycles. The van der Waals surface area contributed by atoms with Gasteiger partial charge < -0.3 is 73.3 Å². The summed E-state index contributed by atoms with van der Waals surface area (Å²) >= 11 is 0. The molecule has 6 amide bonds. The van der Waals surface area contributed by atoms with E-state index in [1.165, 1.54) is 40.3 Å². The third-order valence-electron chi connectivity index (χ3n) is 31.6. The average molecular weight is 1850 g/mol. The van der Waals surface area contributed by atoms with Crippen molar-refractivity contribution in [1.29, 1.82) is 0 Å². The van der Waals surface area contributed by atoms with Gasteiger partial charge in [-0.2, -0.15) is 0 Å². The van der Waals surface area contributed by atoms with Gasteiger partial charge in [0.15, 0.2) is 80.8 Å². The molecule has 5 aromatic carbocycles. The van der Waals surface area contributed by atoms with Crippen molar-refractivity contribution >= 4 is 47.2 Å². The molecule has 4 aromatic heterocycles. The summed E-state index contributed by atoms with van der Waals surface area (Å²) in [6, 6.07) is 22.1. The normalized spacial score (nSPS) is 28.6. The lowest BCUT2D eigenvalue weighted by Crippen LogP contribution is -2.53. The molecule has 36 heteroatoms. The molecule has 8 bridgehead atoms. The van der Waals surface area contributed by atoms with E-state index >= 15 is 0 Å². The lowest BCUT2D eigenvalue weighted by atomic mass is 9.74. The summed E-state index contributed by atoms with van der Waals surface area (Å²) in [5, 5.41) is 28.0. The SMILES string of the molecule is CCOC(=O)c1cn2c(c(OCc3ccccc3)c1=O)C(=O)[C@H]1C3CC([C@@H]4C[C@H]34)[C@@H]1C2.O=C(NCc1cc(F)c(F)cc1F)c1cn2c(c(O)c1=O)C(=O)N1C3CC([C@@H]4C[C@H]34)[C@@H]1C2.O=C(NCc1cc(F)c(F)cc1F)c1cn2c(c(O)c1=O)C(=O)N1C3CC([C@@H]4C[C@H]34)[C@@H]1C2.O=C(NCc1cc(F)c(F)cc1F)c1cn2c(c(OCc3ccccc3)c1=O)C(=O)N1C3CC([C@@H]4C[C@H]34)[C@@H]1C2. The number of amides is 6. The summed E-state index contributed by atoms with van der Waals surface area (Å²) in [4.78, 5) is 162. The number of nitrogens with one attached hydrogen (secondary N) is 3. The summed E-state index contributed by atoms with van der Waals surface area (Å²) in [7, 11) is 0. The molecule has 5 N–H and O–H groups in total. The zero-order valence-corrected chi connectivity index (χ0v) is 71.4. The van der Waals surface area contributed by atoms with Crippen LogP contribution in [0, 0.1) is 141 Å². The number of ether oxygens (including phenoxy) is 3. The van der Waals surface area contributed by atoms with Crippen LogP contribution >= 0.6 is 0 Å². The molecule has 692 valence electrons. The first-order chi connectivity index (χ1) is 64.4. The fourth-order valence-corrected chi connectivity index (χ4v) is 25.5. The molecule has 3 saturated heterocycles. The quantitative estimate of drug-likeness (QED) is 0.0321. The first-order valence-electron chi connectivity index (χ1n) is 45.2. The number of carbonyl (C=O) groups excluding carboxylic acids is 8. The second kappa shape index (κ2) is 32.1. The molecule has 9 aromatic rings. The minimum Gasteiger partial charge on any atom is -0.503 e. The predicted octanol–water partition coefficient (Wildman–Crippen LogP) is 10.5.